The van der Waals surface area contributed by atoms with Crippen molar-refractivity contribution in [3.05, 3.63) is 13.2 Å². The van der Waals surface area contributed by atoms with Gasteiger partial charge in [0.25, 0.3) is 0 Å². The number of aliphatic hydroxyl groups is 2. The molecule has 0 aliphatic carbocycles. The molecular formula is C36H76O3. The van der Waals surface area contributed by atoms with Crippen molar-refractivity contribution in [3.8, 4) is 0 Å². The first-order chi connectivity index (χ1) is 19.3. The van der Waals surface area contributed by atoms with Gasteiger partial charge in [0, 0.05) is 13.2 Å². The summed E-state index contributed by atoms with van der Waals surface area (Å²) in [4.78, 5) is 0. The van der Waals surface area contributed by atoms with E-state index >= 15 is 0 Å². The maximum absolute atomic E-state index is 7.62. The van der Waals surface area contributed by atoms with Crippen molar-refractivity contribution in [1.82, 2.24) is 0 Å². The molecule has 0 saturated carbocycles. The molecule has 0 aliphatic rings. The first-order valence-electron chi connectivity index (χ1n) is 17.6. The van der Waals surface area contributed by atoms with Gasteiger partial charge in [-0.25, -0.2) is 0 Å². The van der Waals surface area contributed by atoms with E-state index in [2.05, 4.69) is 27.0 Å². The number of rotatable bonds is 31. The molecule has 238 valence electrons. The number of hydrogen-bond acceptors (Lipinski definition) is 3. The Bertz CT molecular complexity index is 329. The van der Waals surface area contributed by atoms with E-state index in [9.17, 15) is 0 Å². The fourth-order valence-corrected chi connectivity index (χ4v) is 4.90. The predicted octanol–water partition coefficient (Wildman–Crippen LogP) is 11.7. The zero-order valence-electron chi connectivity index (χ0n) is 27.3. The zero-order valence-corrected chi connectivity index (χ0v) is 27.3. The van der Waals surface area contributed by atoms with E-state index in [1.54, 1.807) is 0 Å². The van der Waals surface area contributed by atoms with E-state index in [1.165, 1.54) is 180 Å². The van der Waals surface area contributed by atoms with Crippen LogP contribution in [0.3, 0.4) is 0 Å². The maximum atomic E-state index is 7.62. The molecular weight excluding hydrogens is 480 g/mol. The summed E-state index contributed by atoms with van der Waals surface area (Å²) in [6.45, 7) is 12.3. The summed E-state index contributed by atoms with van der Waals surface area (Å²) >= 11 is 0. The van der Waals surface area contributed by atoms with Crippen molar-refractivity contribution >= 4 is 0 Å². The van der Waals surface area contributed by atoms with Crippen molar-refractivity contribution in [2.45, 2.75) is 194 Å². The minimum absolute atomic E-state index is 0.125. The summed E-state index contributed by atoms with van der Waals surface area (Å²) in [5.74, 6) is 0. The van der Waals surface area contributed by atoms with Gasteiger partial charge in [0.15, 0.2) is 0 Å². The smallest absolute Gasteiger partial charge is 0.0662 e. The van der Waals surface area contributed by atoms with Crippen molar-refractivity contribution in [2.24, 2.45) is 0 Å². The van der Waals surface area contributed by atoms with Gasteiger partial charge in [-0.2, -0.15) is 0 Å². The molecule has 0 aromatic rings. The first kappa shape index (κ1) is 43.1. The quantitative estimate of drug-likeness (QED) is 0.0659. The van der Waals surface area contributed by atoms with Gasteiger partial charge >= 0.3 is 0 Å². The molecule has 0 fully saturated rings. The molecule has 0 bridgehead atoms. The van der Waals surface area contributed by atoms with Crippen LogP contribution in [-0.4, -0.2) is 36.6 Å². The highest BCUT2D eigenvalue weighted by molar-refractivity contribution is 4.51. The summed E-state index contributed by atoms with van der Waals surface area (Å²) in [5.41, 5.74) is 0. The summed E-state index contributed by atoms with van der Waals surface area (Å²) < 4.78 is 5.85. The molecule has 0 aromatic heterocycles. The minimum Gasteiger partial charge on any atom is -0.394 e. The van der Waals surface area contributed by atoms with E-state index < -0.39 is 0 Å². The van der Waals surface area contributed by atoms with Crippen molar-refractivity contribution in [2.75, 3.05) is 26.4 Å². The Morgan fingerprint density at radius 3 is 0.692 bits per heavy atom. The lowest BCUT2D eigenvalue weighted by Gasteiger charge is -2.05. The second-order valence-electron chi connectivity index (χ2n) is 11.3. The third-order valence-corrected chi connectivity index (χ3v) is 7.38. The molecule has 0 saturated heterocycles. The third-order valence-electron chi connectivity index (χ3n) is 7.38. The van der Waals surface area contributed by atoms with Crippen LogP contribution in [0.15, 0.2) is 13.2 Å². The Morgan fingerprint density at radius 2 is 0.513 bits per heavy atom. The molecule has 2 N–H and O–H groups in total. The average molecular weight is 557 g/mol. The van der Waals surface area contributed by atoms with Crippen LogP contribution in [0, 0.1) is 0 Å². The van der Waals surface area contributed by atoms with Gasteiger partial charge in [-0.15, -0.1) is 13.2 Å². The standard InChI is InChI=1S/C32H66O.C2H6O2.C2H4/c1-3-5-7-9-11-13-15-17-19-21-23-25-27-29-31-33-32-30-28-26-24-22-20-18-16-14-12-10-8-6-4-2;3-1-2-4;1-2/h3-32H2,1-2H3;3-4H,1-2H2;1-2H2. The van der Waals surface area contributed by atoms with Gasteiger partial charge in [0.2, 0.25) is 0 Å². The number of aliphatic hydroxyl groups excluding tert-OH is 2. The summed E-state index contributed by atoms with van der Waals surface area (Å²) in [5, 5.41) is 15.2. The van der Waals surface area contributed by atoms with Crippen molar-refractivity contribution < 1.29 is 14.9 Å². The van der Waals surface area contributed by atoms with Crippen molar-refractivity contribution in [3.63, 3.8) is 0 Å². The van der Waals surface area contributed by atoms with Gasteiger partial charge in [0.1, 0.15) is 0 Å². The van der Waals surface area contributed by atoms with E-state index in [0.29, 0.717) is 0 Å². The Morgan fingerprint density at radius 1 is 0.333 bits per heavy atom. The van der Waals surface area contributed by atoms with Crippen LogP contribution < -0.4 is 0 Å². The molecule has 0 radical (unpaired) electrons. The lowest BCUT2D eigenvalue weighted by molar-refractivity contribution is 0.125. The molecule has 0 unspecified atom stereocenters. The molecule has 0 spiro atoms. The van der Waals surface area contributed by atoms with Gasteiger partial charge in [-0.3, -0.25) is 0 Å². The Balaban J connectivity index is -0.00000196. The Kier molecular flexibility index (Phi) is 52.4. The minimum atomic E-state index is -0.125. The Labute approximate surface area is 248 Å². The highest BCUT2D eigenvalue weighted by Crippen LogP contribution is 2.14. The molecule has 0 rings (SSSR count). The normalized spacial score (nSPS) is 10.6. The summed E-state index contributed by atoms with van der Waals surface area (Å²) in [6.07, 6.45) is 40.1. The summed E-state index contributed by atoms with van der Waals surface area (Å²) in [7, 11) is 0. The highest BCUT2D eigenvalue weighted by atomic mass is 16.5. The lowest BCUT2D eigenvalue weighted by atomic mass is 10.0. The second-order valence-corrected chi connectivity index (χ2v) is 11.3. The molecule has 0 aliphatic heterocycles. The fraction of sp³-hybridized carbons (Fsp3) is 0.944. The molecule has 3 nitrogen and oxygen atoms in total. The zero-order chi connectivity index (χ0) is 29.3. The second kappa shape index (κ2) is 47.4. The third kappa shape index (κ3) is 50.9. The van der Waals surface area contributed by atoms with Crippen LogP contribution in [0.1, 0.15) is 194 Å². The molecule has 3 heteroatoms. The van der Waals surface area contributed by atoms with E-state index in [-0.39, 0.29) is 13.2 Å². The van der Waals surface area contributed by atoms with Crippen LogP contribution in [0.5, 0.6) is 0 Å². The fourth-order valence-electron chi connectivity index (χ4n) is 4.90. The molecule has 0 atom stereocenters. The molecule has 0 heterocycles. The predicted molar refractivity (Wildman–Crippen MR) is 177 cm³/mol. The summed E-state index contributed by atoms with van der Waals surface area (Å²) in [6, 6.07) is 0. The topological polar surface area (TPSA) is 49.7 Å². The van der Waals surface area contributed by atoms with E-state index in [4.69, 9.17) is 14.9 Å². The van der Waals surface area contributed by atoms with Crippen LogP contribution in [0.25, 0.3) is 0 Å². The highest BCUT2D eigenvalue weighted by Gasteiger charge is 1.96. The molecule has 0 amide bonds. The molecule has 39 heavy (non-hydrogen) atoms. The number of unbranched alkanes of at least 4 members (excludes halogenated alkanes) is 26. The maximum Gasteiger partial charge on any atom is 0.0662 e. The van der Waals surface area contributed by atoms with Crippen molar-refractivity contribution in [1.29, 1.82) is 0 Å². The molecule has 0 aromatic carbocycles. The van der Waals surface area contributed by atoms with Gasteiger partial charge in [0.05, 0.1) is 13.2 Å². The number of hydrogen-bond donors (Lipinski definition) is 2. The van der Waals surface area contributed by atoms with Gasteiger partial charge in [-0.1, -0.05) is 181 Å². The van der Waals surface area contributed by atoms with Crippen LogP contribution in [0.4, 0.5) is 0 Å². The first-order valence-corrected chi connectivity index (χ1v) is 17.6. The van der Waals surface area contributed by atoms with Gasteiger partial charge < -0.3 is 14.9 Å². The number of ether oxygens (including phenoxy) is 1. The SMILES string of the molecule is C=C.CCCCCCCCCCCCCCCCOCCCCCCCCCCCCCCCC.OCCO. The van der Waals surface area contributed by atoms with Crippen LogP contribution in [0.2, 0.25) is 0 Å². The van der Waals surface area contributed by atoms with Gasteiger partial charge in [-0.05, 0) is 12.8 Å². The average Bonchev–Trinajstić information content (AvgIpc) is 2.97. The van der Waals surface area contributed by atoms with Crippen LogP contribution in [-0.2, 0) is 4.74 Å². The monoisotopic (exact) mass is 557 g/mol. The lowest BCUT2D eigenvalue weighted by Crippen LogP contribution is -1.97. The largest absolute Gasteiger partial charge is 0.394 e. The van der Waals surface area contributed by atoms with Crippen LogP contribution >= 0.6 is 0 Å². The van der Waals surface area contributed by atoms with E-state index in [1.807, 2.05) is 0 Å². The Hall–Kier alpha value is -0.380. The van der Waals surface area contributed by atoms with E-state index in [0.717, 1.165) is 13.2 Å².